The molecule has 0 saturated heterocycles. The molecule has 0 saturated carbocycles. The van der Waals surface area contributed by atoms with Crippen molar-refractivity contribution in [1.29, 1.82) is 0 Å². The highest BCUT2D eigenvalue weighted by atomic mass is 16.5. The van der Waals surface area contributed by atoms with Crippen LogP contribution in [0.1, 0.15) is 20.3 Å². The number of aromatic nitrogens is 1. The van der Waals surface area contributed by atoms with E-state index in [1.54, 1.807) is 0 Å². The summed E-state index contributed by atoms with van der Waals surface area (Å²) in [6, 6.07) is 3.90. The number of ether oxygens (including phenoxy) is 1. The molecular weight excluding hydrogens is 226 g/mol. The first-order valence-corrected chi connectivity index (χ1v) is 6.62. The highest BCUT2D eigenvalue weighted by Crippen LogP contribution is 2.24. The van der Waals surface area contributed by atoms with Gasteiger partial charge in [0.2, 0.25) is 0 Å². The number of rotatable bonds is 8. The van der Waals surface area contributed by atoms with Crippen LogP contribution >= 0.6 is 0 Å². The summed E-state index contributed by atoms with van der Waals surface area (Å²) in [5.41, 5.74) is 0. The topological polar surface area (TPSA) is 37.4 Å². The van der Waals surface area contributed by atoms with Gasteiger partial charge in [-0.3, -0.25) is 0 Å². The Kier molecular flexibility index (Phi) is 6.50. The second-order valence-corrected chi connectivity index (χ2v) is 4.72. The Bertz CT molecular complexity index is 344. The van der Waals surface area contributed by atoms with Gasteiger partial charge in [0.1, 0.15) is 0 Å². The fourth-order valence-electron chi connectivity index (χ4n) is 1.96. The van der Waals surface area contributed by atoms with Gasteiger partial charge in [-0.1, -0.05) is 13.8 Å². The minimum Gasteiger partial charge on any atom is -0.490 e. The van der Waals surface area contributed by atoms with Gasteiger partial charge in [0.25, 0.3) is 0 Å². The van der Waals surface area contributed by atoms with E-state index in [2.05, 4.69) is 36.1 Å². The van der Waals surface area contributed by atoms with Crippen LogP contribution in [-0.4, -0.2) is 38.8 Å². The third kappa shape index (κ3) is 4.53. The van der Waals surface area contributed by atoms with Crippen molar-refractivity contribution in [3.05, 3.63) is 18.3 Å². The summed E-state index contributed by atoms with van der Waals surface area (Å²) in [5, 5.41) is 3.19. The quantitative estimate of drug-likeness (QED) is 0.768. The van der Waals surface area contributed by atoms with Gasteiger partial charge in [-0.15, -0.1) is 0 Å². The van der Waals surface area contributed by atoms with E-state index < -0.39 is 0 Å². The fraction of sp³-hybridized carbons (Fsp3) is 0.643. The average Bonchev–Trinajstić information content (AvgIpc) is 2.36. The van der Waals surface area contributed by atoms with E-state index >= 15 is 0 Å². The largest absolute Gasteiger partial charge is 0.490 e. The van der Waals surface area contributed by atoms with E-state index in [0.717, 1.165) is 37.7 Å². The first-order chi connectivity index (χ1) is 8.69. The zero-order valence-corrected chi connectivity index (χ0v) is 11.9. The predicted octanol–water partition coefficient (Wildman–Crippen LogP) is 2.16. The molecule has 0 aliphatic heterocycles. The van der Waals surface area contributed by atoms with Crippen molar-refractivity contribution in [2.45, 2.75) is 20.3 Å². The minimum atomic E-state index is 0.570. The van der Waals surface area contributed by atoms with Crippen molar-refractivity contribution in [3.63, 3.8) is 0 Å². The van der Waals surface area contributed by atoms with E-state index in [-0.39, 0.29) is 0 Å². The van der Waals surface area contributed by atoms with Crippen molar-refractivity contribution in [2.75, 3.05) is 38.7 Å². The Balaban J connectivity index is 2.68. The number of hydrogen-bond donors (Lipinski definition) is 1. The second kappa shape index (κ2) is 7.93. The van der Waals surface area contributed by atoms with Crippen LogP contribution in [0.5, 0.6) is 5.75 Å². The van der Waals surface area contributed by atoms with Gasteiger partial charge in [-0.25, -0.2) is 4.98 Å². The average molecular weight is 251 g/mol. The molecule has 4 nitrogen and oxygen atoms in total. The lowest BCUT2D eigenvalue weighted by Gasteiger charge is -2.24. The lowest BCUT2D eigenvalue weighted by molar-refractivity contribution is 0.316. The summed E-state index contributed by atoms with van der Waals surface area (Å²) >= 11 is 0. The Morgan fingerprint density at radius 1 is 1.50 bits per heavy atom. The number of hydrogen-bond acceptors (Lipinski definition) is 4. The molecule has 1 aromatic rings. The van der Waals surface area contributed by atoms with Gasteiger partial charge in [-0.05, 0) is 38.1 Å². The first kappa shape index (κ1) is 14.8. The molecule has 0 fully saturated rings. The Hall–Kier alpha value is -1.29. The standard InChI is InChI=1S/C14H25N3O/c1-5-9-18-13-7-6-8-16-14(13)17(4)11-12(2)10-15-3/h6-8,12,15H,5,9-11H2,1-4H3. The summed E-state index contributed by atoms with van der Waals surface area (Å²) < 4.78 is 5.73. The van der Waals surface area contributed by atoms with Gasteiger partial charge in [0.05, 0.1) is 6.61 Å². The zero-order valence-electron chi connectivity index (χ0n) is 11.9. The van der Waals surface area contributed by atoms with Crippen LogP contribution in [0.4, 0.5) is 5.82 Å². The number of nitrogens with zero attached hydrogens (tertiary/aromatic N) is 2. The van der Waals surface area contributed by atoms with E-state index in [1.165, 1.54) is 0 Å². The van der Waals surface area contributed by atoms with Gasteiger partial charge in [0.15, 0.2) is 11.6 Å². The third-order valence-electron chi connectivity index (χ3n) is 2.71. The molecule has 0 radical (unpaired) electrons. The summed E-state index contributed by atoms with van der Waals surface area (Å²) in [7, 11) is 4.04. The van der Waals surface area contributed by atoms with Gasteiger partial charge in [-0.2, -0.15) is 0 Å². The SMILES string of the molecule is CCCOc1cccnc1N(C)CC(C)CNC. The van der Waals surface area contributed by atoms with Crippen LogP contribution in [0.3, 0.4) is 0 Å². The molecule has 0 aliphatic rings. The molecule has 1 heterocycles. The van der Waals surface area contributed by atoms with E-state index in [4.69, 9.17) is 4.74 Å². The summed E-state index contributed by atoms with van der Waals surface area (Å²) in [6.07, 6.45) is 2.82. The van der Waals surface area contributed by atoms with Crippen LogP contribution in [0, 0.1) is 5.92 Å². The fourth-order valence-corrected chi connectivity index (χ4v) is 1.96. The molecule has 0 aromatic carbocycles. The number of anilines is 1. The highest BCUT2D eigenvalue weighted by Gasteiger charge is 2.12. The summed E-state index contributed by atoms with van der Waals surface area (Å²) in [5.74, 6) is 2.37. The molecule has 0 aliphatic carbocycles. The molecule has 1 N–H and O–H groups in total. The predicted molar refractivity (Wildman–Crippen MR) is 76.4 cm³/mol. The molecule has 1 aromatic heterocycles. The molecule has 1 rings (SSSR count). The molecule has 4 heteroatoms. The Morgan fingerprint density at radius 3 is 2.94 bits per heavy atom. The normalized spacial score (nSPS) is 12.2. The molecule has 1 atom stereocenters. The lowest BCUT2D eigenvalue weighted by Crippen LogP contribution is -2.30. The molecule has 1 unspecified atom stereocenters. The lowest BCUT2D eigenvalue weighted by atomic mass is 10.1. The Morgan fingerprint density at radius 2 is 2.28 bits per heavy atom. The molecule has 18 heavy (non-hydrogen) atoms. The van der Waals surface area contributed by atoms with Crippen LogP contribution in [0.2, 0.25) is 0 Å². The smallest absolute Gasteiger partial charge is 0.171 e. The van der Waals surface area contributed by atoms with Crippen LogP contribution in [0.15, 0.2) is 18.3 Å². The maximum Gasteiger partial charge on any atom is 0.171 e. The minimum absolute atomic E-state index is 0.570. The maximum atomic E-state index is 5.73. The van der Waals surface area contributed by atoms with Crippen molar-refractivity contribution in [1.82, 2.24) is 10.3 Å². The first-order valence-electron chi connectivity index (χ1n) is 6.62. The second-order valence-electron chi connectivity index (χ2n) is 4.72. The Labute approximate surface area is 110 Å². The van der Waals surface area contributed by atoms with Crippen LogP contribution in [0.25, 0.3) is 0 Å². The van der Waals surface area contributed by atoms with Crippen molar-refractivity contribution < 1.29 is 4.74 Å². The van der Waals surface area contributed by atoms with Crippen molar-refractivity contribution in [3.8, 4) is 5.75 Å². The molecular formula is C14H25N3O. The molecule has 0 spiro atoms. The van der Waals surface area contributed by atoms with Crippen molar-refractivity contribution >= 4 is 5.82 Å². The molecule has 0 bridgehead atoms. The van der Waals surface area contributed by atoms with Gasteiger partial charge in [0, 0.05) is 19.8 Å². The highest BCUT2D eigenvalue weighted by molar-refractivity contribution is 5.51. The third-order valence-corrected chi connectivity index (χ3v) is 2.71. The maximum absolute atomic E-state index is 5.73. The van der Waals surface area contributed by atoms with Crippen molar-refractivity contribution in [2.24, 2.45) is 5.92 Å². The summed E-state index contributed by atoms with van der Waals surface area (Å²) in [4.78, 5) is 6.58. The number of nitrogens with one attached hydrogen (secondary N) is 1. The molecule has 102 valence electrons. The zero-order chi connectivity index (χ0) is 13.4. The van der Waals surface area contributed by atoms with Crippen LogP contribution in [-0.2, 0) is 0 Å². The van der Waals surface area contributed by atoms with E-state index in [0.29, 0.717) is 5.92 Å². The van der Waals surface area contributed by atoms with Crippen LogP contribution < -0.4 is 15.0 Å². The molecule has 0 amide bonds. The monoisotopic (exact) mass is 251 g/mol. The van der Waals surface area contributed by atoms with Gasteiger partial charge >= 0.3 is 0 Å². The van der Waals surface area contributed by atoms with Gasteiger partial charge < -0.3 is 15.0 Å². The number of pyridine rings is 1. The summed E-state index contributed by atoms with van der Waals surface area (Å²) in [6.45, 7) is 7.03. The van der Waals surface area contributed by atoms with E-state index in [9.17, 15) is 0 Å². The van der Waals surface area contributed by atoms with E-state index in [1.807, 2.05) is 25.4 Å².